The lowest BCUT2D eigenvalue weighted by Crippen LogP contribution is -2.28. The standard InChI is InChI=1S/C14H16N4O5S/c1-3-15-14-17-13(20)11(24-14)7-12(19)16-9-6-8(18(21)22)4-5-10(9)23-2/h4-6,11H,3,7H2,1-2H3,(H,16,19)(H,15,17,20)/t11-/m1/s1. The molecule has 0 saturated carbocycles. The number of ether oxygens (including phenoxy) is 1. The lowest BCUT2D eigenvalue weighted by Gasteiger charge is -2.11. The van der Waals surface area contributed by atoms with E-state index in [9.17, 15) is 19.7 Å². The van der Waals surface area contributed by atoms with E-state index in [0.29, 0.717) is 17.5 Å². The molecule has 0 spiro atoms. The van der Waals surface area contributed by atoms with Crippen LogP contribution in [0.5, 0.6) is 5.75 Å². The Morgan fingerprint density at radius 3 is 2.92 bits per heavy atom. The van der Waals surface area contributed by atoms with Gasteiger partial charge < -0.3 is 15.4 Å². The van der Waals surface area contributed by atoms with E-state index in [0.717, 1.165) is 0 Å². The summed E-state index contributed by atoms with van der Waals surface area (Å²) in [6.45, 7) is 2.38. The highest BCUT2D eigenvalue weighted by Crippen LogP contribution is 2.30. The lowest BCUT2D eigenvalue weighted by atomic mass is 10.2. The number of nitrogens with zero attached hydrogens (tertiary/aromatic N) is 2. The van der Waals surface area contributed by atoms with E-state index in [1.54, 1.807) is 0 Å². The Hall–Kier alpha value is -2.62. The zero-order valence-electron chi connectivity index (χ0n) is 13.1. The van der Waals surface area contributed by atoms with E-state index in [1.807, 2.05) is 6.92 Å². The molecule has 0 bridgehead atoms. The monoisotopic (exact) mass is 352 g/mol. The number of benzene rings is 1. The maximum Gasteiger partial charge on any atom is 0.271 e. The number of nitro benzene ring substituents is 1. The highest BCUT2D eigenvalue weighted by molar-refractivity contribution is 8.15. The second kappa shape index (κ2) is 7.77. The number of amidine groups is 1. The molecular weight excluding hydrogens is 336 g/mol. The van der Waals surface area contributed by atoms with Crippen molar-refractivity contribution in [2.45, 2.75) is 18.6 Å². The maximum absolute atomic E-state index is 12.2. The maximum atomic E-state index is 12.2. The predicted molar refractivity (Wildman–Crippen MR) is 90.4 cm³/mol. The van der Waals surface area contributed by atoms with Crippen LogP contribution in [0.25, 0.3) is 0 Å². The molecule has 24 heavy (non-hydrogen) atoms. The van der Waals surface area contributed by atoms with E-state index in [-0.39, 0.29) is 23.7 Å². The van der Waals surface area contributed by atoms with E-state index in [1.165, 1.54) is 37.1 Å². The molecule has 1 aliphatic rings. The minimum absolute atomic E-state index is 0.0783. The summed E-state index contributed by atoms with van der Waals surface area (Å²) in [6.07, 6.45) is -0.0783. The van der Waals surface area contributed by atoms with Crippen LogP contribution in [0.15, 0.2) is 23.2 Å². The van der Waals surface area contributed by atoms with Gasteiger partial charge in [-0.1, -0.05) is 11.8 Å². The Bertz CT molecular complexity index is 706. The Morgan fingerprint density at radius 1 is 1.54 bits per heavy atom. The van der Waals surface area contributed by atoms with Crippen molar-refractivity contribution in [2.24, 2.45) is 4.99 Å². The van der Waals surface area contributed by atoms with Crippen molar-refractivity contribution in [3.63, 3.8) is 0 Å². The Kier molecular flexibility index (Phi) is 5.74. The smallest absolute Gasteiger partial charge is 0.271 e. The molecule has 128 valence electrons. The predicted octanol–water partition coefficient (Wildman–Crippen LogP) is 1.54. The highest BCUT2D eigenvalue weighted by atomic mass is 32.2. The molecule has 2 amide bonds. The molecule has 0 radical (unpaired) electrons. The second-order valence-corrected chi connectivity index (χ2v) is 5.96. The van der Waals surface area contributed by atoms with Crippen LogP contribution in [0.1, 0.15) is 13.3 Å². The van der Waals surface area contributed by atoms with Gasteiger partial charge in [0.05, 0.1) is 17.7 Å². The highest BCUT2D eigenvalue weighted by Gasteiger charge is 2.32. The van der Waals surface area contributed by atoms with Gasteiger partial charge in [-0.05, 0) is 13.0 Å². The van der Waals surface area contributed by atoms with E-state index in [4.69, 9.17) is 4.74 Å². The molecule has 1 atom stereocenters. The molecule has 0 unspecified atom stereocenters. The zero-order chi connectivity index (χ0) is 17.7. The van der Waals surface area contributed by atoms with Crippen LogP contribution in [0.3, 0.4) is 0 Å². The van der Waals surface area contributed by atoms with Gasteiger partial charge in [0.2, 0.25) is 11.8 Å². The number of methoxy groups -OCH3 is 1. The van der Waals surface area contributed by atoms with Gasteiger partial charge in [0.1, 0.15) is 11.0 Å². The van der Waals surface area contributed by atoms with Crippen molar-refractivity contribution < 1.29 is 19.2 Å². The molecule has 1 aromatic carbocycles. The van der Waals surface area contributed by atoms with Crippen molar-refractivity contribution in [3.05, 3.63) is 28.3 Å². The number of carbonyl (C=O) groups is 2. The summed E-state index contributed by atoms with van der Waals surface area (Å²) in [5.41, 5.74) is 0.0130. The summed E-state index contributed by atoms with van der Waals surface area (Å²) in [4.78, 5) is 38.3. The number of hydrogen-bond acceptors (Lipinski definition) is 7. The van der Waals surface area contributed by atoms with Crippen LogP contribution < -0.4 is 15.4 Å². The minimum Gasteiger partial charge on any atom is -0.495 e. The van der Waals surface area contributed by atoms with Gasteiger partial charge in [-0.3, -0.25) is 24.7 Å². The number of carbonyl (C=O) groups excluding carboxylic acids is 2. The summed E-state index contributed by atoms with van der Waals surface area (Å²) < 4.78 is 5.08. The van der Waals surface area contributed by atoms with Crippen molar-refractivity contribution >= 4 is 40.1 Å². The van der Waals surface area contributed by atoms with Crippen LogP contribution in [-0.2, 0) is 9.59 Å². The Labute approximate surface area is 142 Å². The molecule has 1 heterocycles. The van der Waals surface area contributed by atoms with Gasteiger partial charge in [-0.15, -0.1) is 0 Å². The van der Waals surface area contributed by atoms with E-state index in [2.05, 4.69) is 15.6 Å². The van der Waals surface area contributed by atoms with E-state index < -0.39 is 16.1 Å². The van der Waals surface area contributed by atoms with Crippen molar-refractivity contribution in [2.75, 3.05) is 19.0 Å². The summed E-state index contributed by atoms with van der Waals surface area (Å²) in [6, 6.07) is 3.89. The van der Waals surface area contributed by atoms with Gasteiger partial charge in [-0.25, -0.2) is 0 Å². The molecule has 1 aliphatic heterocycles. The quantitative estimate of drug-likeness (QED) is 0.591. The Balaban J connectivity index is 2.07. The number of rotatable bonds is 6. The molecule has 2 rings (SSSR count). The second-order valence-electron chi connectivity index (χ2n) is 4.77. The number of non-ortho nitro benzene ring substituents is 1. The molecule has 1 fully saturated rings. The summed E-state index contributed by atoms with van der Waals surface area (Å²) >= 11 is 1.19. The topological polar surface area (TPSA) is 123 Å². The number of thioether (sulfide) groups is 1. The molecule has 0 aromatic heterocycles. The number of anilines is 1. The largest absolute Gasteiger partial charge is 0.495 e. The number of aliphatic imine (C=N–C) groups is 1. The van der Waals surface area contributed by atoms with Crippen molar-refractivity contribution in [3.8, 4) is 5.75 Å². The number of hydrogen-bond donors (Lipinski definition) is 2. The molecular formula is C14H16N4O5S. The first-order chi connectivity index (χ1) is 11.4. The van der Waals surface area contributed by atoms with Gasteiger partial charge in [-0.2, -0.15) is 0 Å². The van der Waals surface area contributed by atoms with Gasteiger partial charge in [0.15, 0.2) is 5.17 Å². The SMILES string of the molecule is CCN=C1NC(=O)[C@@H](CC(=O)Nc2cc([N+](=O)[O-])ccc2OC)S1. The molecule has 2 N–H and O–H groups in total. The third kappa shape index (κ3) is 4.22. The normalized spacial score (nSPS) is 18.3. The zero-order valence-corrected chi connectivity index (χ0v) is 13.9. The number of nitro groups is 1. The fourth-order valence-corrected chi connectivity index (χ4v) is 3.07. The van der Waals surface area contributed by atoms with Crippen molar-refractivity contribution in [1.29, 1.82) is 0 Å². The number of nitrogens with one attached hydrogen (secondary N) is 2. The molecule has 9 nitrogen and oxygen atoms in total. The molecule has 10 heteroatoms. The fraction of sp³-hybridized carbons (Fsp3) is 0.357. The fourth-order valence-electron chi connectivity index (χ4n) is 2.04. The van der Waals surface area contributed by atoms with Crippen LogP contribution in [0.2, 0.25) is 0 Å². The third-order valence-corrected chi connectivity index (χ3v) is 4.24. The first-order valence-electron chi connectivity index (χ1n) is 7.08. The van der Waals surface area contributed by atoms with Gasteiger partial charge >= 0.3 is 0 Å². The minimum atomic E-state index is -0.583. The summed E-state index contributed by atoms with van der Waals surface area (Å²) in [7, 11) is 1.39. The summed E-state index contributed by atoms with van der Waals surface area (Å²) in [5.74, 6) is -0.432. The van der Waals surface area contributed by atoms with Crippen LogP contribution >= 0.6 is 11.8 Å². The van der Waals surface area contributed by atoms with Gasteiger partial charge in [0.25, 0.3) is 5.69 Å². The molecule has 1 saturated heterocycles. The summed E-state index contributed by atoms with van der Waals surface area (Å²) in [5, 5.41) is 15.9. The van der Waals surface area contributed by atoms with Crippen molar-refractivity contribution in [1.82, 2.24) is 5.32 Å². The average Bonchev–Trinajstić information content (AvgIpc) is 2.87. The van der Waals surface area contributed by atoms with Crippen LogP contribution in [0, 0.1) is 10.1 Å². The van der Waals surface area contributed by atoms with Gasteiger partial charge in [0, 0.05) is 25.1 Å². The first kappa shape index (κ1) is 17.7. The van der Waals surface area contributed by atoms with Crippen LogP contribution in [-0.4, -0.2) is 40.8 Å². The number of amides is 2. The van der Waals surface area contributed by atoms with E-state index >= 15 is 0 Å². The lowest BCUT2D eigenvalue weighted by molar-refractivity contribution is -0.384. The third-order valence-electron chi connectivity index (χ3n) is 3.12. The molecule has 1 aromatic rings. The molecule has 0 aliphatic carbocycles. The first-order valence-corrected chi connectivity index (χ1v) is 7.96. The Morgan fingerprint density at radius 2 is 2.29 bits per heavy atom. The average molecular weight is 352 g/mol. The van der Waals surface area contributed by atoms with Crippen LogP contribution in [0.4, 0.5) is 11.4 Å².